The number of aliphatic hydroxyl groups excluding tert-OH is 3. The summed E-state index contributed by atoms with van der Waals surface area (Å²) in [6.07, 6.45) is 14.5. The molecule has 4 rings (SSSR count). The summed E-state index contributed by atoms with van der Waals surface area (Å²) in [5.74, 6) is 5.00. The third kappa shape index (κ3) is 4.60. The standard InChI is InChI=1S/C30H52O3/c1-19(2)7-6-8-20(3)26-11-12-27-25-10-9-21-15-23(32)16-22(17-24(33)18-31)30(21,5)28(25)13-14-29(26,27)4/h9,19-20,22-28,31-33H,6-8,10-18H2,1-5H3/t20?,22?,23-,24?,25+,26-,27+,28+,29-,30-/m1/s1. The van der Waals surface area contributed by atoms with E-state index in [2.05, 4.69) is 40.7 Å². The minimum atomic E-state index is -0.671. The predicted molar refractivity (Wildman–Crippen MR) is 136 cm³/mol. The van der Waals surface area contributed by atoms with Gasteiger partial charge in [0.15, 0.2) is 0 Å². The maximum absolute atomic E-state index is 10.6. The highest BCUT2D eigenvalue weighted by Gasteiger charge is 2.60. The molecule has 0 bridgehead atoms. The lowest BCUT2D eigenvalue weighted by molar-refractivity contribution is -0.0887. The lowest BCUT2D eigenvalue weighted by atomic mass is 9.44. The molecule has 0 aliphatic heterocycles. The molecule has 0 heterocycles. The molecule has 0 aromatic carbocycles. The smallest absolute Gasteiger partial charge is 0.0773 e. The molecule has 10 atom stereocenters. The van der Waals surface area contributed by atoms with Crippen molar-refractivity contribution in [3.8, 4) is 0 Å². The van der Waals surface area contributed by atoms with E-state index in [0.717, 1.165) is 42.4 Å². The van der Waals surface area contributed by atoms with Gasteiger partial charge in [0.25, 0.3) is 0 Å². The van der Waals surface area contributed by atoms with Gasteiger partial charge in [0.2, 0.25) is 0 Å². The first-order valence-corrected chi connectivity index (χ1v) is 14.3. The van der Waals surface area contributed by atoms with E-state index in [9.17, 15) is 15.3 Å². The minimum absolute atomic E-state index is 0.0700. The average Bonchev–Trinajstić information content (AvgIpc) is 3.11. The maximum atomic E-state index is 10.6. The zero-order valence-electron chi connectivity index (χ0n) is 22.1. The average molecular weight is 461 g/mol. The lowest BCUT2D eigenvalue weighted by Gasteiger charge is -2.61. The van der Waals surface area contributed by atoms with Crippen molar-refractivity contribution in [1.29, 1.82) is 0 Å². The van der Waals surface area contributed by atoms with Crippen LogP contribution in [-0.4, -0.2) is 34.1 Å². The van der Waals surface area contributed by atoms with Gasteiger partial charge < -0.3 is 15.3 Å². The molecular formula is C30H52O3. The molecular weight excluding hydrogens is 408 g/mol. The molecule has 3 unspecified atom stereocenters. The molecule has 3 fully saturated rings. The van der Waals surface area contributed by atoms with E-state index in [-0.39, 0.29) is 24.0 Å². The summed E-state index contributed by atoms with van der Waals surface area (Å²) >= 11 is 0. The van der Waals surface area contributed by atoms with Crippen LogP contribution < -0.4 is 0 Å². The van der Waals surface area contributed by atoms with E-state index in [0.29, 0.717) is 17.8 Å². The number of rotatable bonds is 8. The van der Waals surface area contributed by atoms with Gasteiger partial charge in [0.05, 0.1) is 18.8 Å². The fraction of sp³-hybridized carbons (Fsp3) is 0.933. The molecule has 0 aromatic rings. The number of allylic oxidation sites excluding steroid dienone is 1. The summed E-state index contributed by atoms with van der Waals surface area (Å²) in [4.78, 5) is 0. The lowest BCUT2D eigenvalue weighted by Crippen LogP contribution is -2.54. The Hall–Kier alpha value is -0.380. The van der Waals surface area contributed by atoms with Crippen LogP contribution in [0.15, 0.2) is 11.6 Å². The van der Waals surface area contributed by atoms with Crippen LogP contribution in [0.3, 0.4) is 0 Å². The van der Waals surface area contributed by atoms with E-state index in [1.165, 1.54) is 56.9 Å². The van der Waals surface area contributed by atoms with Gasteiger partial charge in [0, 0.05) is 0 Å². The Balaban J connectivity index is 1.54. The van der Waals surface area contributed by atoms with Crippen molar-refractivity contribution in [2.75, 3.05) is 6.61 Å². The molecule has 190 valence electrons. The van der Waals surface area contributed by atoms with Gasteiger partial charge in [-0.3, -0.25) is 0 Å². The zero-order chi connectivity index (χ0) is 24.0. The Morgan fingerprint density at radius 2 is 1.82 bits per heavy atom. The second-order valence-electron chi connectivity index (χ2n) is 13.5. The maximum Gasteiger partial charge on any atom is 0.0773 e. The summed E-state index contributed by atoms with van der Waals surface area (Å²) in [5.41, 5.74) is 2.01. The highest BCUT2D eigenvalue weighted by Crippen LogP contribution is 2.68. The van der Waals surface area contributed by atoms with Gasteiger partial charge in [-0.2, -0.15) is 0 Å². The summed E-state index contributed by atoms with van der Waals surface area (Å²) in [6.45, 7) is 12.2. The summed E-state index contributed by atoms with van der Waals surface area (Å²) in [5, 5.41) is 30.5. The molecule has 0 radical (unpaired) electrons. The second-order valence-corrected chi connectivity index (χ2v) is 13.5. The van der Waals surface area contributed by atoms with E-state index in [1.54, 1.807) is 0 Å². The highest BCUT2D eigenvalue weighted by atomic mass is 16.3. The normalized spacial score (nSPS) is 44.6. The highest BCUT2D eigenvalue weighted by molar-refractivity contribution is 5.27. The van der Waals surface area contributed by atoms with Crippen molar-refractivity contribution in [1.82, 2.24) is 0 Å². The van der Waals surface area contributed by atoms with Crippen molar-refractivity contribution < 1.29 is 15.3 Å². The fourth-order valence-electron chi connectivity index (χ4n) is 9.64. The predicted octanol–water partition coefficient (Wildman–Crippen LogP) is 6.36. The van der Waals surface area contributed by atoms with Crippen molar-refractivity contribution >= 4 is 0 Å². The number of aliphatic hydroxyl groups is 3. The molecule has 4 aliphatic carbocycles. The molecule has 0 spiro atoms. The van der Waals surface area contributed by atoms with Crippen molar-refractivity contribution in [2.45, 2.75) is 117 Å². The molecule has 33 heavy (non-hydrogen) atoms. The Morgan fingerprint density at radius 3 is 2.52 bits per heavy atom. The quantitative estimate of drug-likeness (QED) is 0.369. The van der Waals surface area contributed by atoms with Crippen LogP contribution >= 0.6 is 0 Å². The third-order valence-corrected chi connectivity index (χ3v) is 11.4. The van der Waals surface area contributed by atoms with Gasteiger partial charge in [0.1, 0.15) is 0 Å². The minimum Gasteiger partial charge on any atom is -0.394 e. The van der Waals surface area contributed by atoms with Gasteiger partial charge in [-0.1, -0.05) is 65.5 Å². The summed E-state index contributed by atoms with van der Waals surface area (Å²) < 4.78 is 0. The molecule has 4 aliphatic rings. The molecule has 3 heteroatoms. The summed E-state index contributed by atoms with van der Waals surface area (Å²) in [6, 6.07) is 0. The Morgan fingerprint density at radius 1 is 1.06 bits per heavy atom. The van der Waals surface area contributed by atoms with Gasteiger partial charge in [-0.15, -0.1) is 0 Å². The second kappa shape index (κ2) is 9.94. The molecule has 0 amide bonds. The van der Waals surface area contributed by atoms with Crippen LogP contribution in [0.2, 0.25) is 0 Å². The van der Waals surface area contributed by atoms with Gasteiger partial charge in [-0.05, 0) is 104 Å². The number of hydrogen-bond donors (Lipinski definition) is 3. The SMILES string of the molecule is CC(C)CCCC(C)[C@H]1CC[C@H]2[C@@H]3CC=C4C[C@@H](O)CC(CC(O)CO)[C@]4(C)[C@H]3CC[C@]12C. The van der Waals surface area contributed by atoms with Crippen molar-refractivity contribution in [2.24, 2.45) is 52.3 Å². The molecule has 3 N–H and O–H groups in total. The Labute approximate surface area is 203 Å². The van der Waals surface area contributed by atoms with E-state index >= 15 is 0 Å². The molecule has 0 aromatic heterocycles. The fourth-order valence-corrected chi connectivity index (χ4v) is 9.64. The van der Waals surface area contributed by atoms with Crippen molar-refractivity contribution in [3.63, 3.8) is 0 Å². The Kier molecular flexibility index (Phi) is 7.74. The third-order valence-electron chi connectivity index (χ3n) is 11.4. The van der Waals surface area contributed by atoms with Gasteiger partial charge in [-0.25, -0.2) is 0 Å². The first-order chi connectivity index (χ1) is 15.6. The first kappa shape index (κ1) is 25.7. The monoisotopic (exact) mass is 460 g/mol. The topological polar surface area (TPSA) is 60.7 Å². The molecule has 3 saturated carbocycles. The van der Waals surface area contributed by atoms with Crippen LogP contribution in [0.4, 0.5) is 0 Å². The molecule has 0 saturated heterocycles. The van der Waals surface area contributed by atoms with Crippen LogP contribution in [0.1, 0.15) is 105 Å². The first-order valence-electron chi connectivity index (χ1n) is 14.3. The van der Waals surface area contributed by atoms with Crippen LogP contribution in [0.5, 0.6) is 0 Å². The van der Waals surface area contributed by atoms with Crippen LogP contribution in [0, 0.1) is 52.3 Å². The number of fused-ring (bicyclic) bond motifs is 5. The summed E-state index contributed by atoms with van der Waals surface area (Å²) in [7, 11) is 0. The van der Waals surface area contributed by atoms with Crippen LogP contribution in [0.25, 0.3) is 0 Å². The van der Waals surface area contributed by atoms with Crippen LogP contribution in [-0.2, 0) is 0 Å². The van der Waals surface area contributed by atoms with E-state index < -0.39 is 6.10 Å². The Bertz CT molecular complexity index is 701. The van der Waals surface area contributed by atoms with E-state index in [1.807, 2.05) is 0 Å². The van der Waals surface area contributed by atoms with Gasteiger partial charge >= 0.3 is 0 Å². The van der Waals surface area contributed by atoms with E-state index in [4.69, 9.17) is 0 Å². The van der Waals surface area contributed by atoms with Crippen molar-refractivity contribution in [3.05, 3.63) is 11.6 Å². The molecule has 3 nitrogen and oxygen atoms in total. The zero-order valence-corrected chi connectivity index (χ0v) is 22.1. The number of hydrogen-bond acceptors (Lipinski definition) is 3. The largest absolute Gasteiger partial charge is 0.394 e.